The number of aromatic nitrogens is 2. The van der Waals surface area contributed by atoms with E-state index in [9.17, 15) is 14.7 Å². The van der Waals surface area contributed by atoms with Crippen LogP contribution in [0.1, 0.15) is 40.3 Å². The van der Waals surface area contributed by atoms with Crippen molar-refractivity contribution in [2.24, 2.45) is 5.92 Å². The molecule has 3 heterocycles. The number of amides is 1. The number of likely N-dealkylation sites (tertiary alicyclic amines) is 1. The summed E-state index contributed by atoms with van der Waals surface area (Å²) in [7, 11) is 0. The van der Waals surface area contributed by atoms with Crippen molar-refractivity contribution in [1.29, 1.82) is 0 Å². The number of rotatable bonds is 3. The van der Waals surface area contributed by atoms with Crippen molar-refractivity contribution < 1.29 is 19.2 Å². The van der Waals surface area contributed by atoms with Crippen LogP contribution in [0.25, 0.3) is 5.82 Å². The highest BCUT2D eigenvalue weighted by Gasteiger charge is 2.30. The number of carboxylic acids is 1. The molecule has 0 unspecified atom stereocenters. The fraction of sp³-hybridized carbons (Fsp3) is 0.471. The van der Waals surface area contributed by atoms with E-state index in [1.54, 1.807) is 4.90 Å². The fourth-order valence-electron chi connectivity index (χ4n) is 3.32. The largest absolute Gasteiger partial charge is 0.481 e. The van der Waals surface area contributed by atoms with Crippen molar-refractivity contribution in [2.45, 2.75) is 33.6 Å². The van der Waals surface area contributed by atoms with Gasteiger partial charge in [-0.05, 0) is 39.7 Å². The van der Waals surface area contributed by atoms with E-state index in [1.165, 1.54) is 0 Å². The smallest absolute Gasteiger partial charge is 0.308 e. The van der Waals surface area contributed by atoms with E-state index in [-0.39, 0.29) is 12.5 Å². The molecule has 24 heavy (non-hydrogen) atoms. The van der Waals surface area contributed by atoms with Crippen molar-refractivity contribution in [3.8, 4) is 5.82 Å². The number of carbonyl (C=O) groups is 2. The second kappa shape index (κ2) is 6.14. The van der Waals surface area contributed by atoms with Gasteiger partial charge in [-0.2, -0.15) is 0 Å². The number of carboxylic acid groups (broad SMARTS) is 1. The van der Waals surface area contributed by atoms with Crippen LogP contribution in [0.15, 0.2) is 16.7 Å². The lowest BCUT2D eigenvalue weighted by atomic mass is 9.97. The van der Waals surface area contributed by atoms with E-state index in [2.05, 4.69) is 5.16 Å². The molecule has 1 amide bonds. The summed E-state index contributed by atoms with van der Waals surface area (Å²) in [6.45, 7) is 6.44. The van der Waals surface area contributed by atoms with Gasteiger partial charge >= 0.3 is 5.97 Å². The Morgan fingerprint density at radius 1 is 1.29 bits per heavy atom. The molecule has 0 spiro atoms. The first-order valence-corrected chi connectivity index (χ1v) is 8.03. The lowest BCUT2D eigenvalue weighted by molar-refractivity contribution is -0.143. The van der Waals surface area contributed by atoms with E-state index >= 15 is 0 Å². The molecule has 0 radical (unpaired) electrons. The highest BCUT2D eigenvalue weighted by Crippen LogP contribution is 2.24. The molecule has 1 aliphatic rings. The number of aryl methyl sites for hydroxylation is 2. The Labute approximate surface area is 139 Å². The maximum atomic E-state index is 12.9. The van der Waals surface area contributed by atoms with E-state index in [4.69, 9.17) is 4.52 Å². The van der Waals surface area contributed by atoms with E-state index < -0.39 is 11.9 Å². The van der Waals surface area contributed by atoms with Gasteiger partial charge in [-0.1, -0.05) is 5.16 Å². The van der Waals surface area contributed by atoms with Gasteiger partial charge < -0.3 is 14.5 Å². The van der Waals surface area contributed by atoms with Gasteiger partial charge in [0.15, 0.2) is 5.82 Å². The van der Waals surface area contributed by atoms with Gasteiger partial charge in [-0.15, -0.1) is 0 Å². The lowest BCUT2D eigenvalue weighted by Gasteiger charge is -2.30. The Kier molecular flexibility index (Phi) is 4.17. The summed E-state index contributed by atoms with van der Waals surface area (Å²) in [6, 6.07) is 3.64. The maximum absolute atomic E-state index is 12.9. The summed E-state index contributed by atoms with van der Waals surface area (Å²) in [4.78, 5) is 25.7. The number of hydrogen-bond acceptors (Lipinski definition) is 4. The number of nitrogens with zero attached hydrogens (tertiary/aromatic N) is 3. The molecule has 0 saturated carbocycles. The molecule has 1 aliphatic heterocycles. The van der Waals surface area contributed by atoms with Gasteiger partial charge in [0.1, 0.15) is 5.76 Å². The molecule has 1 N–H and O–H groups in total. The molecule has 1 saturated heterocycles. The number of piperidine rings is 1. The highest BCUT2D eigenvalue weighted by atomic mass is 16.5. The van der Waals surface area contributed by atoms with Crippen LogP contribution in [0, 0.1) is 26.7 Å². The molecule has 2 aromatic rings. The molecule has 0 bridgehead atoms. The molecule has 128 valence electrons. The zero-order valence-electron chi connectivity index (χ0n) is 14.1. The summed E-state index contributed by atoms with van der Waals surface area (Å²) in [5, 5.41) is 13.2. The molecule has 0 aliphatic carbocycles. The summed E-state index contributed by atoms with van der Waals surface area (Å²) in [5.74, 6) is -0.102. The van der Waals surface area contributed by atoms with Crippen LogP contribution in [0.2, 0.25) is 0 Å². The van der Waals surface area contributed by atoms with Crippen LogP contribution in [0.4, 0.5) is 0 Å². The third-order valence-electron chi connectivity index (χ3n) is 4.56. The zero-order valence-corrected chi connectivity index (χ0v) is 14.1. The number of hydrogen-bond donors (Lipinski definition) is 1. The third-order valence-corrected chi connectivity index (χ3v) is 4.56. The lowest BCUT2D eigenvalue weighted by Crippen LogP contribution is -2.42. The summed E-state index contributed by atoms with van der Waals surface area (Å²) in [5.41, 5.74) is 2.25. The van der Waals surface area contributed by atoms with Crippen LogP contribution in [0.3, 0.4) is 0 Å². The predicted octanol–water partition coefficient (Wildman–Crippen LogP) is 2.33. The topological polar surface area (TPSA) is 88.6 Å². The van der Waals surface area contributed by atoms with Crippen LogP contribution in [-0.2, 0) is 4.79 Å². The van der Waals surface area contributed by atoms with Gasteiger partial charge in [0.2, 0.25) is 0 Å². The van der Waals surface area contributed by atoms with Gasteiger partial charge in [0.25, 0.3) is 5.91 Å². The van der Waals surface area contributed by atoms with E-state index in [0.717, 1.165) is 11.4 Å². The predicted molar refractivity (Wildman–Crippen MR) is 86.3 cm³/mol. The quantitative estimate of drug-likeness (QED) is 0.932. The minimum atomic E-state index is -0.837. The van der Waals surface area contributed by atoms with Crippen LogP contribution in [-0.4, -0.2) is 44.7 Å². The Morgan fingerprint density at radius 3 is 2.67 bits per heavy atom. The number of carbonyl (C=O) groups excluding carboxylic acids is 1. The third kappa shape index (κ3) is 2.81. The first-order valence-electron chi connectivity index (χ1n) is 8.03. The van der Waals surface area contributed by atoms with E-state index in [1.807, 2.05) is 37.5 Å². The van der Waals surface area contributed by atoms with Crippen molar-refractivity contribution in [1.82, 2.24) is 14.6 Å². The minimum absolute atomic E-state index is 0.125. The van der Waals surface area contributed by atoms with Crippen molar-refractivity contribution in [3.05, 3.63) is 34.8 Å². The molecular formula is C17H21N3O4. The van der Waals surface area contributed by atoms with Crippen molar-refractivity contribution in [3.63, 3.8) is 0 Å². The van der Waals surface area contributed by atoms with Gasteiger partial charge in [-0.3, -0.25) is 14.2 Å². The standard InChI is InChI=1S/C17H21N3O4/c1-10-7-14(12(3)20(10)15-8-11(2)24-18-15)16(21)19-6-4-5-13(9-19)17(22)23/h7-8,13H,4-6,9H2,1-3H3,(H,22,23)/t13-/m1/s1. The second-order valence-electron chi connectivity index (χ2n) is 6.34. The zero-order chi connectivity index (χ0) is 17.4. The van der Waals surface area contributed by atoms with Gasteiger partial charge in [0, 0.05) is 30.5 Å². The summed E-state index contributed by atoms with van der Waals surface area (Å²) >= 11 is 0. The Balaban J connectivity index is 1.90. The van der Waals surface area contributed by atoms with E-state index in [0.29, 0.717) is 36.5 Å². The Hall–Kier alpha value is -2.57. The molecule has 3 rings (SSSR count). The average Bonchev–Trinajstić information content (AvgIpc) is 3.09. The average molecular weight is 331 g/mol. The van der Waals surface area contributed by atoms with Crippen molar-refractivity contribution >= 4 is 11.9 Å². The molecule has 1 atom stereocenters. The second-order valence-corrected chi connectivity index (χ2v) is 6.34. The normalized spacial score (nSPS) is 18.0. The molecule has 2 aromatic heterocycles. The molecule has 1 fully saturated rings. The van der Waals surface area contributed by atoms with Crippen LogP contribution < -0.4 is 0 Å². The van der Waals surface area contributed by atoms with Crippen LogP contribution >= 0.6 is 0 Å². The Morgan fingerprint density at radius 2 is 2.04 bits per heavy atom. The first-order chi connectivity index (χ1) is 11.4. The molecular weight excluding hydrogens is 310 g/mol. The SMILES string of the molecule is Cc1cc(-n2c(C)cc(C(=O)N3CCC[C@@H](C(=O)O)C3)c2C)no1. The fourth-order valence-corrected chi connectivity index (χ4v) is 3.32. The van der Waals surface area contributed by atoms with Crippen molar-refractivity contribution in [2.75, 3.05) is 13.1 Å². The molecule has 7 nitrogen and oxygen atoms in total. The van der Waals surface area contributed by atoms with Gasteiger partial charge in [-0.25, -0.2) is 0 Å². The molecule has 0 aromatic carbocycles. The maximum Gasteiger partial charge on any atom is 0.308 e. The summed E-state index contributed by atoms with van der Waals surface area (Å²) in [6.07, 6.45) is 1.33. The van der Waals surface area contributed by atoms with Crippen LogP contribution in [0.5, 0.6) is 0 Å². The minimum Gasteiger partial charge on any atom is -0.481 e. The summed E-state index contributed by atoms with van der Waals surface area (Å²) < 4.78 is 7.00. The highest BCUT2D eigenvalue weighted by molar-refractivity contribution is 5.96. The monoisotopic (exact) mass is 331 g/mol. The van der Waals surface area contributed by atoms with Gasteiger partial charge in [0.05, 0.1) is 11.5 Å². The Bertz CT molecular complexity index is 790. The molecule has 7 heteroatoms. The first kappa shape index (κ1) is 16.3. The number of aliphatic carboxylic acids is 1.